The van der Waals surface area contributed by atoms with Gasteiger partial charge < -0.3 is 24.4 Å². The third-order valence-electron chi connectivity index (χ3n) is 5.60. The van der Waals surface area contributed by atoms with Crippen LogP contribution >= 0.6 is 0 Å². The molecule has 30 heavy (non-hydrogen) atoms. The van der Waals surface area contributed by atoms with Gasteiger partial charge in [0.2, 0.25) is 0 Å². The van der Waals surface area contributed by atoms with Gasteiger partial charge in [-0.25, -0.2) is 0 Å². The second-order valence-corrected chi connectivity index (χ2v) is 7.59. The van der Waals surface area contributed by atoms with E-state index in [0.29, 0.717) is 19.8 Å². The molecule has 1 N–H and O–H groups in total. The van der Waals surface area contributed by atoms with Gasteiger partial charge in [0.1, 0.15) is 18.5 Å². The van der Waals surface area contributed by atoms with Crippen LogP contribution in [0.4, 0.5) is 0 Å². The van der Waals surface area contributed by atoms with E-state index in [4.69, 9.17) is 14.2 Å². The molecule has 0 radical (unpaired) electrons. The van der Waals surface area contributed by atoms with E-state index in [0.717, 1.165) is 55.4 Å². The summed E-state index contributed by atoms with van der Waals surface area (Å²) in [4.78, 5) is 6.72. The second-order valence-electron chi connectivity index (χ2n) is 7.59. The maximum atomic E-state index is 6.10. The summed E-state index contributed by atoms with van der Waals surface area (Å²) >= 11 is 0. The summed E-state index contributed by atoms with van der Waals surface area (Å²) in [5, 5.41) is 3.43. The lowest BCUT2D eigenvalue weighted by Gasteiger charge is -2.37. The van der Waals surface area contributed by atoms with Crippen LogP contribution in [0.3, 0.4) is 0 Å². The van der Waals surface area contributed by atoms with Gasteiger partial charge in [0.05, 0.1) is 19.3 Å². The monoisotopic (exact) mass is 409 g/mol. The highest BCUT2D eigenvalue weighted by Crippen LogP contribution is 2.29. The number of para-hydroxylation sites is 1. The molecule has 160 valence electrons. The number of morpholine rings is 1. The third-order valence-corrected chi connectivity index (χ3v) is 5.60. The number of aliphatic imine (C=N–C) groups is 1. The van der Waals surface area contributed by atoms with Crippen LogP contribution < -0.4 is 10.1 Å². The van der Waals surface area contributed by atoms with E-state index in [9.17, 15) is 0 Å². The highest BCUT2D eigenvalue weighted by atomic mass is 16.5. The molecule has 0 saturated carbocycles. The lowest BCUT2D eigenvalue weighted by Crippen LogP contribution is -2.53. The van der Waals surface area contributed by atoms with E-state index in [1.54, 1.807) is 0 Å². The molecule has 0 aromatic heterocycles. The predicted molar refractivity (Wildman–Crippen MR) is 119 cm³/mol. The van der Waals surface area contributed by atoms with Gasteiger partial charge in [-0.2, -0.15) is 0 Å². The van der Waals surface area contributed by atoms with Crippen LogP contribution in [0.15, 0.2) is 59.6 Å². The maximum absolute atomic E-state index is 6.10. The fourth-order valence-corrected chi connectivity index (χ4v) is 4.09. The van der Waals surface area contributed by atoms with E-state index in [1.807, 2.05) is 43.4 Å². The van der Waals surface area contributed by atoms with Gasteiger partial charge in [0.25, 0.3) is 0 Å². The van der Waals surface area contributed by atoms with E-state index >= 15 is 0 Å². The Morgan fingerprint density at radius 2 is 1.87 bits per heavy atom. The van der Waals surface area contributed by atoms with Crippen LogP contribution in [0.2, 0.25) is 0 Å². The third kappa shape index (κ3) is 5.12. The molecule has 0 bridgehead atoms. The lowest BCUT2D eigenvalue weighted by molar-refractivity contribution is -0.0817. The van der Waals surface area contributed by atoms with E-state index in [2.05, 4.69) is 33.4 Å². The maximum Gasteiger partial charge on any atom is 0.193 e. The van der Waals surface area contributed by atoms with E-state index in [1.165, 1.54) is 0 Å². The highest BCUT2D eigenvalue weighted by Gasteiger charge is 2.32. The van der Waals surface area contributed by atoms with E-state index < -0.39 is 0 Å². The van der Waals surface area contributed by atoms with Crippen molar-refractivity contribution in [2.75, 3.05) is 46.5 Å². The second kappa shape index (κ2) is 10.5. The van der Waals surface area contributed by atoms with Crippen molar-refractivity contribution in [3.05, 3.63) is 54.6 Å². The molecule has 0 aliphatic carbocycles. The molecule has 2 aromatic carbocycles. The average molecular weight is 410 g/mol. The Hall–Kier alpha value is -2.57. The Balaban J connectivity index is 1.29. The number of nitrogens with zero attached hydrogens (tertiary/aromatic N) is 2. The molecule has 2 aliphatic rings. The SMILES string of the molecule is CN=C(NCCOc1ccccc1-c1ccccc1)N1CCOC(C2CCCO2)C1. The molecule has 6 nitrogen and oxygen atoms in total. The standard InChI is InChI=1S/C24H31N3O3/c1-25-24(27-14-17-30-23(18-27)22-12-7-15-28-22)26-13-16-29-21-11-6-5-10-20(21)19-8-3-2-4-9-19/h2-6,8-11,22-23H,7,12-18H2,1H3,(H,25,26). The van der Waals surface area contributed by atoms with Gasteiger partial charge >= 0.3 is 0 Å². The van der Waals surface area contributed by atoms with Crippen molar-refractivity contribution in [2.45, 2.75) is 25.0 Å². The zero-order chi connectivity index (χ0) is 20.6. The first kappa shape index (κ1) is 20.7. The fraction of sp³-hybridized carbons (Fsp3) is 0.458. The Morgan fingerprint density at radius 3 is 2.67 bits per heavy atom. The largest absolute Gasteiger partial charge is 0.491 e. The van der Waals surface area contributed by atoms with Crippen LogP contribution in [-0.2, 0) is 9.47 Å². The molecule has 6 heteroatoms. The minimum absolute atomic E-state index is 0.119. The summed E-state index contributed by atoms with van der Waals surface area (Å²) in [6.07, 6.45) is 2.54. The Kier molecular flexibility index (Phi) is 7.21. The van der Waals surface area contributed by atoms with Crippen LogP contribution in [0, 0.1) is 0 Å². The van der Waals surface area contributed by atoms with Gasteiger partial charge in [0.15, 0.2) is 5.96 Å². The number of nitrogens with one attached hydrogen (secondary N) is 1. The number of ether oxygens (including phenoxy) is 3. The lowest BCUT2D eigenvalue weighted by atomic mass is 10.1. The zero-order valence-electron chi connectivity index (χ0n) is 17.6. The zero-order valence-corrected chi connectivity index (χ0v) is 17.6. The highest BCUT2D eigenvalue weighted by molar-refractivity contribution is 5.80. The summed E-state index contributed by atoms with van der Waals surface area (Å²) in [5.74, 6) is 1.78. The fourth-order valence-electron chi connectivity index (χ4n) is 4.09. The average Bonchev–Trinajstić information content (AvgIpc) is 3.35. The number of guanidine groups is 1. The van der Waals surface area contributed by atoms with Crippen LogP contribution in [-0.4, -0.2) is 69.6 Å². The van der Waals surface area contributed by atoms with Gasteiger partial charge in [-0.3, -0.25) is 4.99 Å². The normalized spacial score (nSPS) is 22.2. The Labute approximate surface area is 178 Å². The van der Waals surface area contributed by atoms with Gasteiger partial charge in [-0.15, -0.1) is 0 Å². The summed E-state index contributed by atoms with van der Waals surface area (Å²) in [6.45, 7) is 4.42. The van der Waals surface area contributed by atoms with Gasteiger partial charge in [0, 0.05) is 32.3 Å². The van der Waals surface area contributed by atoms with Crippen LogP contribution in [0.5, 0.6) is 5.75 Å². The molecule has 2 saturated heterocycles. The van der Waals surface area contributed by atoms with Gasteiger partial charge in [-0.1, -0.05) is 48.5 Å². The summed E-state index contributed by atoms with van der Waals surface area (Å²) in [7, 11) is 1.82. The first-order valence-electron chi connectivity index (χ1n) is 10.8. The smallest absolute Gasteiger partial charge is 0.193 e. The molecule has 0 spiro atoms. The quantitative estimate of drug-likeness (QED) is 0.451. The molecule has 2 aliphatic heterocycles. The number of hydrogen-bond donors (Lipinski definition) is 1. The molecule has 2 heterocycles. The summed E-state index contributed by atoms with van der Waals surface area (Å²) < 4.78 is 17.9. The molecule has 2 aromatic rings. The van der Waals surface area contributed by atoms with Crippen molar-refractivity contribution in [3.63, 3.8) is 0 Å². The molecular weight excluding hydrogens is 378 g/mol. The molecule has 2 atom stereocenters. The van der Waals surface area contributed by atoms with Crippen LogP contribution in [0.1, 0.15) is 12.8 Å². The minimum Gasteiger partial charge on any atom is -0.491 e. The first-order valence-corrected chi connectivity index (χ1v) is 10.8. The van der Waals surface area contributed by atoms with Crippen molar-refractivity contribution in [1.29, 1.82) is 0 Å². The van der Waals surface area contributed by atoms with Crippen molar-refractivity contribution >= 4 is 5.96 Å². The molecule has 4 rings (SSSR count). The summed E-state index contributed by atoms with van der Waals surface area (Å²) in [6, 6.07) is 18.5. The van der Waals surface area contributed by atoms with Crippen molar-refractivity contribution in [2.24, 2.45) is 4.99 Å². The van der Waals surface area contributed by atoms with Crippen molar-refractivity contribution in [3.8, 4) is 16.9 Å². The topological polar surface area (TPSA) is 55.3 Å². The van der Waals surface area contributed by atoms with Gasteiger partial charge in [-0.05, 0) is 24.5 Å². The van der Waals surface area contributed by atoms with E-state index in [-0.39, 0.29) is 12.2 Å². The number of benzene rings is 2. The number of rotatable bonds is 6. The molecule has 2 unspecified atom stereocenters. The number of hydrogen-bond acceptors (Lipinski definition) is 4. The molecular formula is C24H31N3O3. The Bertz CT molecular complexity index is 821. The summed E-state index contributed by atoms with van der Waals surface area (Å²) in [5.41, 5.74) is 2.26. The van der Waals surface area contributed by atoms with Crippen molar-refractivity contribution < 1.29 is 14.2 Å². The molecule has 2 fully saturated rings. The van der Waals surface area contributed by atoms with Crippen LogP contribution in [0.25, 0.3) is 11.1 Å². The van der Waals surface area contributed by atoms with Crippen molar-refractivity contribution in [1.82, 2.24) is 10.2 Å². The molecule has 0 amide bonds. The first-order chi connectivity index (χ1) is 14.8. The minimum atomic E-state index is 0.119. The predicted octanol–water partition coefficient (Wildman–Crippen LogP) is 3.19. The Morgan fingerprint density at radius 1 is 1.07 bits per heavy atom.